The highest BCUT2D eigenvalue weighted by Gasteiger charge is 2.15. The van der Waals surface area contributed by atoms with Crippen molar-refractivity contribution in [2.75, 3.05) is 6.61 Å². The van der Waals surface area contributed by atoms with E-state index in [1.165, 1.54) is 50.9 Å². The van der Waals surface area contributed by atoms with E-state index < -0.39 is 5.97 Å². The molecule has 30 heavy (non-hydrogen) atoms. The first-order valence-corrected chi connectivity index (χ1v) is 10.9. The van der Waals surface area contributed by atoms with Gasteiger partial charge in [-0.05, 0) is 30.5 Å². The van der Waals surface area contributed by atoms with Crippen LogP contribution < -0.4 is 5.73 Å². The lowest BCUT2D eigenvalue weighted by molar-refractivity contribution is -0.137. The number of imidazole rings is 1. The lowest BCUT2D eigenvalue weighted by atomic mass is 9.96. The summed E-state index contributed by atoms with van der Waals surface area (Å²) in [5.74, 6) is 1.43. The largest absolute Gasteiger partial charge is 0.462 e. The molecular formula is C24H32N4O2. The van der Waals surface area contributed by atoms with Crippen LogP contribution in [0.15, 0.2) is 53.4 Å². The Kier molecular flexibility index (Phi) is 8.24. The molecule has 0 spiro atoms. The second kappa shape index (κ2) is 11.3. The highest BCUT2D eigenvalue weighted by molar-refractivity contribution is 6.09. The summed E-state index contributed by atoms with van der Waals surface area (Å²) in [5.41, 5.74) is 7.67. The molecule has 0 radical (unpaired) electrons. The van der Waals surface area contributed by atoms with Gasteiger partial charge in [0, 0.05) is 37.8 Å². The highest BCUT2D eigenvalue weighted by atomic mass is 16.5. The van der Waals surface area contributed by atoms with Crippen LogP contribution in [0, 0.1) is 5.92 Å². The smallest absolute Gasteiger partial charge is 0.341 e. The summed E-state index contributed by atoms with van der Waals surface area (Å²) in [6, 6.07) is 7.98. The average molecular weight is 409 g/mol. The molecule has 1 heterocycles. The number of nitrogens with zero attached hydrogens (tertiary/aromatic N) is 3. The number of rotatable bonds is 8. The summed E-state index contributed by atoms with van der Waals surface area (Å²) in [7, 11) is 0. The molecule has 0 aliphatic heterocycles. The number of ether oxygens (including phenoxy) is 1. The zero-order valence-corrected chi connectivity index (χ0v) is 17.8. The Balaban J connectivity index is 1.66. The minimum atomic E-state index is -0.471. The minimum Gasteiger partial charge on any atom is -0.462 e. The van der Waals surface area contributed by atoms with Gasteiger partial charge in [0.15, 0.2) is 0 Å². The van der Waals surface area contributed by atoms with Crippen molar-refractivity contribution < 1.29 is 9.53 Å². The van der Waals surface area contributed by atoms with Crippen molar-refractivity contribution in [3.63, 3.8) is 0 Å². The van der Waals surface area contributed by atoms with Crippen LogP contribution >= 0.6 is 0 Å². The van der Waals surface area contributed by atoms with Crippen molar-refractivity contribution in [3.8, 4) is 0 Å². The summed E-state index contributed by atoms with van der Waals surface area (Å²) < 4.78 is 7.21. The summed E-state index contributed by atoms with van der Waals surface area (Å²) >= 11 is 0. The average Bonchev–Trinajstić information content (AvgIpc) is 3.00. The van der Waals surface area contributed by atoms with E-state index >= 15 is 0 Å². The molecule has 6 heteroatoms. The Hall–Kier alpha value is -2.89. The van der Waals surface area contributed by atoms with Crippen LogP contribution in [-0.2, 0) is 22.5 Å². The molecule has 3 rings (SSSR count). The fourth-order valence-corrected chi connectivity index (χ4v) is 3.95. The van der Waals surface area contributed by atoms with E-state index in [9.17, 15) is 4.79 Å². The van der Waals surface area contributed by atoms with Crippen molar-refractivity contribution in [2.24, 2.45) is 16.6 Å². The normalized spacial score (nSPS) is 16.0. The second-order valence-electron chi connectivity index (χ2n) is 7.80. The Morgan fingerprint density at radius 3 is 2.83 bits per heavy atom. The van der Waals surface area contributed by atoms with Crippen LogP contribution in [0.5, 0.6) is 0 Å². The number of benzene rings is 1. The Morgan fingerprint density at radius 1 is 1.30 bits per heavy atom. The molecule has 2 N–H and O–H groups in total. The van der Waals surface area contributed by atoms with Gasteiger partial charge >= 0.3 is 5.97 Å². The number of aliphatic imine (C=N–C) groups is 1. The molecule has 0 amide bonds. The number of carbonyl (C=O) groups is 1. The Morgan fingerprint density at radius 2 is 2.10 bits per heavy atom. The third kappa shape index (κ3) is 6.31. The standard InChI is InChI=1S/C24H32N4O2/c1-2-30-24(29)21(16-25)17-27-22-11-7-10-20(14-22)18-28-13-12-26-23(28)15-19-8-5-3-4-6-9-19/h7,10-14,16-17,19H,2-6,8-9,15,18,25H2,1H3. The molecule has 0 atom stereocenters. The SMILES string of the molecule is CCOC(=O)C(C=Nc1cccc(Cn2ccnc2CC2CCCCCC2)c1)=CN. The zero-order valence-electron chi connectivity index (χ0n) is 17.8. The van der Waals surface area contributed by atoms with E-state index in [0.717, 1.165) is 36.0 Å². The second-order valence-corrected chi connectivity index (χ2v) is 7.80. The number of hydrogen-bond acceptors (Lipinski definition) is 5. The number of hydrogen-bond donors (Lipinski definition) is 1. The van der Waals surface area contributed by atoms with Gasteiger partial charge in [-0.25, -0.2) is 9.78 Å². The van der Waals surface area contributed by atoms with Crippen LogP contribution in [0.1, 0.15) is 56.8 Å². The summed E-state index contributed by atoms with van der Waals surface area (Å²) in [6.07, 6.45) is 15.7. The Bertz CT molecular complexity index is 877. The van der Waals surface area contributed by atoms with Crippen molar-refractivity contribution >= 4 is 17.9 Å². The monoisotopic (exact) mass is 408 g/mol. The Labute approximate surface area is 178 Å². The van der Waals surface area contributed by atoms with Gasteiger partial charge in [0.2, 0.25) is 0 Å². The third-order valence-electron chi connectivity index (χ3n) is 5.55. The van der Waals surface area contributed by atoms with E-state index in [-0.39, 0.29) is 5.57 Å². The predicted octanol–water partition coefficient (Wildman–Crippen LogP) is 4.55. The van der Waals surface area contributed by atoms with Crippen LogP contribution in [0.2, 0.25) is 0 Å². The van der Waals surface area contributed by atoms with E-state index in [1.54, 1.807) is 6.92 Å². The molecule has 1 aliphatic rings. The first kappa shape index (κ1) is 21.8. The van der Waals surface area contributed by atoms with Gasteiger partial charge in [0.05, 0.1) is 17.9 Å². The van der Waals surface area contributed by atoms with Crippen molar-refractivity contribution in [3.05, 3.63) is 59.8 Å². The van der Waals surface area contributed by atoms with Gasteiger partial charge in [0.25, 0.3) is 0 Å². The maximum Gasteiger partial charge on any atom is 0.341 e. The molecule has 2 aromatic rings. The molecule has 1 aromatic heterocycles. The molecule has 6 nitrogen and oxygen atoms in total. The van der Waals surface area contributed by atoms with E-state index in [1.807, 2.05) is 24.4 Å². The van der Waals surface area contributed by atoms with Gasteiger partial charge in [-0.1, -0.05) is 50.7 Å². The third-order valence-corrected chi connectivity index (χ3v) is 5.55. The van der Waals surface area contributed by atoms with Gasteiger partial charge < -0.3 is 15.0 Å². The van der Waals surface area contributed by atoms with Gasteiger partial charge in [-0.3, -0.25) is 4.99 Å². The predicted molar refractivity (Wildman–Crippen MR) is 120 cm³/mol. The first-order valence-electron chi connectivity index (χ1n) is 10.9. The zero-order chi connectivity index (χ0) is 21.2. The van der Waals surface area contributed by atoms with Crippen molar-refractivity contribution in [1.29, 1.82) is 0 Å². The molecule has 1 fully saturated rings. The van der Waals surface area contributed by atoms with Crippen LogP contribution in [-0.4, -0.2) is 28.3 Å². The molecule has 1 aromatic carbocycles. The first-order chi connectivity index (χ1) is 14.7. The quantitative estimate of drug-likeness (QED) is 0.301. The van der Waals surface area contributed by atoms with Crippen molar-refractivity contribution in [2.45, 2.75) is 58.4 Å². The van der Waals surface area contributed by atoms with Crippen LogP contribution in [0.3, 0.4) is 0 Å². The molecule has 0 unspecified atom stereocenters. The van der Waals surface area contributed by atoms with Gasteiger partial charge in [-0.15, -0.1) is 0 Å². The maximum absolute atomic E-state index is 11.8. The molecule has 0 saturated heterocycles. The fraction of sp³-hybridized carbons (Fsp3) is 0.458. The van der Waals surface area contributed by atoms with Crippen LogP contribution in [0.25, 0.3) is 0 Å². The van der Waals surface area contributed by atoms with Crippen LogP contribution in [0.4, 0.5) is 5.69 Å². The lowest BCUT2D eigenvalue weighted by Gasteiger charge is -2.15. The fourth-order valence-electron chi connectivity index (χ4n) is 3.95. The van der Waals surface area contributed by atoms with Gasteiger partial charge in [-0.2, -0.15) is 0 Å². The highest BCUT2D eigenvalue weighted by Crippen LogP contribution is 2.26. The lowest BCUT2D eigenvalue weighted by Crippen LogP contribution is -2.11. The number of carbonyl (C=O) groups excluding carboxylic acids is 1. The number of aromatic nitrogens is 2. The van der Waals surface area contributed by atoms with E-state index in [2.05, 4.69) is 26.8 Å². The summed E-state index contributed by atoms with van der Waals surface area (Å²) in [4.78, 5) is 20.9. The topological polar surface area (TPSA) is 82.5 Å². The number of nitrogens with two attached hydrogens (primary N) is 1. The molecule has 1 saturated carbocycles. The number of esters is 1. The molecule has 0 bridgehead atoms. The molecule has 160 valence electrons. The molecular weight excluding hydrogens is 376 g/mol. The van der Waals surface area contributed by atoms with E-state index in [4.69, 9.17) is 10.5 Å². The minimum absolute atomic E-state index is 0.238. The van der Waals surface area contributed by atoms with Gasteiger partial charge in [0.1, 0.15) is 5.82 Å². The summed E-state index contributed by atoms with van der Waals surface area (Å²) in [6.45, 7) is 2.81. The molecule has 1 aliphatic carbocycles. The summed E-state index contributed by atoms with van der Waals surface area (Å²) in [5, 5.41) is 0. The maximum atomic E-state index is 11.8. The van der Waals surface area contributed by atoms with Crippen molar-refractivity contribution in [1.82, 2.24) is 9.55 Å². The van der Waals surface area contributed by atoms with E-state index in [0.29, 0.717) is 6.61 Å².